The summed E-state index contributed by atoms with van der Waals surface area (Å²) in [6.45, 7) is 4.25. The number of nitrogens with one attached hydrogen (secondary N) is 1. The highest BCUT2D eigenvalue weighted by Gasteiger charge is 2.14. The topological polar surface area (TPSA) is 21.3 Å². The third-order valence-corrected chi connectivity index (χ3v) is 2.44. The van der Waals surface area contributed by atoms with E-state index in [9.17, 15) is 0 Å². The van der Waals surface area contributed by atoms with Crippen molar-refractivity contribution in [2.24, 2.45) is 0 Å². The van der Waals surface area contributed by atoms with Gasteiger partial charge in [0.2, 0.25) is 0 Å². The molecule has 0 radical (unpaired) electrons. The molecule has 2 unspecified atom stereocenters. The fraction of sp³-hybridized carbons (Fsp3) is 0.500. The second kappa shape index (κ2) is 5.66. The first-order valence-corrected chi connectivity index (χ1v) is 5.17. The van der Waals surface area contributed by atoms with Crippen molar-refractivity contribution >= 4 is 0 Å². The van der Waals surface area contributed by atoms with Gasteiger partial charge in [0.25, 0.3) is 0 Å². The maximum atomic E-state index is 5.80. The van der Waals surface area contributed by atoms with Gasteiger partial charge in [-0.25, -0.2) is 0 Å². The summed E-state index contributed by atoms with van der Waals surface area (Å²) < 4.78 is 5.80. The number of hydrogen-bond acceptors (Lipinski definition) is 2. The van der Waals surface area contributed by atoms with Gasteiger partial charge in [-0.3, -0.25) is 0 Å². The van der Waals surface area contributed by atoms with Gasteiger partial charge >= 0.3 is 0 Å². The van der Waals surface area contributed by atoms with Crippen LogP contribution in [0, 0.1) is 0 Å². The summed E-state index contributed by atoms with van der Waals surface area (Å²) in [5.74, 6) is 0.939. The Morgan fingerprint density at radius 1 is 1.29 bits per heavy atom. The molecule has 1 aromatic carbocycles. The molecule has 0 aliphatic carbocycles. The van der Waals surface area contributed by atoms with Crippen LogP contribution in [0.25, 0.3) is 0 Å². The molecule has 1 rings (SSSR count). The summed E-state index contributed by atoms with van der Waals surface area (Å²) in [7, 11) is 1.97. The lowest BCUT2D eigenvalue weighted by molar-refractivity contribution is 0.172. The summed E-state index contributed by atoms with van der Waals surface area (Å²) >= 11 is 0. The molecule has 0 fully saturated rings. The van der Waals surface area contributed by atoms with Crippen molar-refractivity contribution < 1.29 is 4.74 Å². The van der Waals surface area contributed by atoms with Crippen LogP contribution in [-0.2, 0) is 0 Å². The third kappa shape index (κ3) is 3.04. The lowest BCUT2D eigenvalue weighted by Gasteiger charge is -2.23. The van der Waals surface area contributed by atoms with Crippen molar-refractivity contribution in [3.05, 3.63) is 30.3 Å². The van der Waals surface area contributed by atoms with Gasteiger partial charge in [0, 0.05) is 6.04 Å². The van der Waals surface area contributed by atoms with Crippen LogP contribution in [0.3, 0.4) is 0 Å². The molecule has 2 heteroatoms. The summed E-state index contributed by atoms with van der Waals surface area (Å²) in [5.41, 5.74) is 0. The van der Waals surface area contributed by atoms with Crippen molar-refractivity contribution in [1.29, 1.82) is 0 Å². The summed E-state index contributed by atoms with van der Waals surface area (Å²) in [5, 5.41) is 3.25. The van der Waals surface area contributed by atoms with E-state index >= 15 is 0 Å². The molecule has 0 aliphatic heterocycles. The van der Waals surface area contributed by atoms with Crippen LogP contribution in [-0.4, -0.2) is 19.2 Å². The zero-order valence-electron chi connectivity index (χ0n) is 9.16. The predicted molar refractivity (Wildman–Crippen MR) is 59.7 cm³/mol. The first-order chi connectivity index (χ1) is 6.77. The fourth-order valence-electron chi connectivity index (χ4n) is 1.57. The van der Waals surface area contributed by atoms with Gasteiger partial charge < -0.3 is 10.1 Å². The molecule has 0 spiro atoms. The first-order valence-electron chi connectivity index (χ1n) is 5.17. The van der Waals surface area contributed by atoms with Crippen LogP contribution < -0.4 is 10.1 Å². The Hall–Kier alpha value is -1.02. The van der Waals surface area contributed by atoms with E-state index in [1.807, 2.05) is 37.4 Å². The summed E-state index contributed by atoms with van der Waals surface area (Å²) in [6.07, 6.45) is 1.28. The first kappa shape index (κ1) is 11.1. The molecule has 2 atom stereocenters. The number of likely N-dealkylation sites (N-methyl/N-ethyl adjacent to an activating group) is 1. The molecule has 78 valence electrons. The minimum atomic E-state index is 0.201. The molecule has 2 nitrogen and oxygen atoms in total. The number of ether oxygens (including phenoxy) is 1. The number of benzene rings is 1. The molecule has 0 heterocycles. The van der Waals surface area contributed by atoms with Gasteiger partial charge in [-0.1, -0.05) is 25.1 Å². The molecular weight excluding hydrogens is 174 g/mol. The average Bonchev–Trinajstić information content (AvgIpc) is 2.21. The van der Waals surface area contributed by atoms with Crippen LogP contribution in [0.2, 0.25) is 0 Å². The lowest BCUT2D eigenvalue weighted by atomic mass is 10.1. The van der Waals surface area contributed by atoms with Crippen molar-refractivity contribution in [2.75, 3.05) is 7.05 Å². The number of para-hydroxylation sites is 1. The van der Waals surface area contributed by atoms with E-state index in [1.165, 1.54) is 0 Å². The Balaban J connectivity index is 2.52. The van der Waals surface area contributed by atoms with Crippen molar-refractivity contribution in [3.8, 4) is 5.75 Å². The Labute approximate surface area is 86.3 Å². The zero-order valence-corrected chi connectivity index (χ0v) is 9.16. The van der Waals surface area contributed by atoms with Crippen LogP contribution in [0.1, 0.15) is 20.3 Å². The van der Waals surface area contributed by atoms with E-state index in [0.29, 0.717) is 6.04 Å². The monoisotopic (exact) mass is 193 g/mol. The highest BCUT2D eigenvalue weighted by molar-refractivity contribution is 5.21. The Morgan fingerprint density at radius 2 is 1.93 bits per heavy atom. The minimum absolute atomic E-state index is 0.201. The highest BCUT2D eigenvalue weighted by atomic mass is 16.5. The largest absolute Gasteiger partial charge is 0.489 e. The van der Waals surface area contributed by atoms with Crippen molar-refractivity contribution in [2.45, 2.75) is 32.4 Å². The van der Waals surface area contributed by atoms with E-state index in [4.69, 9.17) is 4.74 Å². The van der Waals surface area contributed by atoms with Gasteiger partial charge in [0.15, 0.2) is 0 Å². The van der Waals surface area contributed by atoms with Crippen LogP contribution in [0.4, 0.5) is 0 Å². The van der Waals surface area contributed by atoms with Gasteiger partial charge in [-0.2, -0.15) is 0 Å². The molecule has 1 aromatic rings. The molecule has 0 saturated heterocycles. The lowest BCUT2D eigenvalue weighted by Crippen LogP contribution is -2.38. The van der Waals surface area contributed by atoms with Crippen molar-refractivity contribution in [1.82, 2.24) is 5.32 Å². The molecule has 0 bridgehead atoms. The standard InChI is InChI=1S/C12H19NO/c1-4-12(13-3)10(2)14-11-8-6-5-7-9-11/h5-10,12-13H,4H2,1-3H3. The Bertz CT molecular complexity index is 244. The third-order valence-electron chi connectivity index (χ3n) is 2.44. The Morgan fingerprint density at radius 3 is 2.43 bits per heavy atom. The average molecular weight is 193 g/mol. The fourth-order valence-corrected chi connectivity index (χ4v) is 1.57. The zero-order chi connectivity index (χ0) is 10.4. The highest BCUT2D eigenvalue weighted by Crippen LogP contribution is 2.13. The van der Waals surface area contributed by atoms with E-state index in [-0.39, 0.29) is 6.10 Å². The summed E-state index contributed by atoms with van der Waals surface area (Å²) in [6, 6.07) is 10.4. The minimum Gasteiger partial charge on any atom is -0.489 e. The molecular formula is C12H19NO. The second-order valence-corrected chi connectivity index (χ2v) is 3.44. The predicted octanol–water partition coefficient (Wildman–Crippen LogP) is 2.45. The molecule has 14 heavy (non-hydrogen) atoms. The van der Waals surface area contributed by atoms with Crippen LogP contribution >= 0.6 is 0 Å². The van der Waals surface area contributed by atoms with Gasteiger partial charge in [0.1, 0.15) is 11.9 Å². The van der Waals surface area contributed by atoms with E-state index < -0.39 is 0 Å². The molecule has 0 amide bonds. The quantitative estimate of drug-likeness (QED) is 0.775. The van der Waals surface area contributed by atoms with E-state index in [1.54, 1.807) is 0 Å². The maximum absolute atomic E-state index is 5.80. The van der Waals surface area contributed by atoms with E-state index in [0.717, 1.165) is 12.2 Å². The maximum Gasteiger partial charge on any atom is 0.119 e. The second-order valence-electron chi connectivity index (χ2n) is 3.44. The van der Waals surface area contributed by atoms with E-state index in [2.05, 4.69) is 19.2 Å². The van der Waals surface area contributed by atoms with Crippen molar-refractivity contribution in [3.63, 3.8) is 0 Å². The van der Waals surface area contributed by atoms with Gasteiger partial charge in [-0.15, -0.1) is 0 Å². The molecule has 1 N–H and O–H groups in total. The Kier molecular flexibility index (Phi) is 4.47. The molecule has 0 aromatic heterocycles. The molecule has 0 aliphatic rings. The number of rotatable bonds is 5. The smallest absolute Gasteiger partial charge is 0.119 e. The number of hydrogen-bond donors (Lipinski definition) is 1. The normalized spacial score (nSPS) is 14.8. The van der Waals surface area contributed by atoms with Crippen LogP contribution in [0.5, 0.6) is 5.75 Å². The van der Waals surface area contributed by atoms with Gasteiger partial charge in [0.05, 0.1) is 0 Å². The molecule has 0 saturated carbocycles. The summed E-state index contributed by atoms with van der Waals surface area (Å²) in [4.78, 5) is 0. The van der Waals surface area contributed by atoms with Crippen LogP contribution in [0.15, 0.2) is 30.3 Å². The SMILES string of the molecule is CCC(NC)C(C)Oc1ccccc1. The van der Waals surface area contributed by atoms with Gasteiger partial charge in [-0.05, 0) is 32.5 Å².